The van der Waals surface area contributed by atoms with E-state index in [-0.39, 0.29) is 19.6 Å². The van der Waals surface area contributed by atoms with E-state index in [0.29, 0.717) is 12.2 Å². The molecule has 21 heavy (non-hydrogen) atoms. The fourth-order valence-corrected chi connectivity index (χ4v) is 2.33. The Morgan fingerprint density at radius 2 is 1.86 bits per heavy atom. The van der Waals surface area contributed by atoms with Gasteiger partial charge in [-0.05, 0) is 31.9 Å². The van der Waals surface area contributed by atoms with Crippen LogP contribution in [-0.2, 0) is 24.5 Å². The Balaban J connectivity index is 3.33. The van der Waals surface area contributed by atoms with Crippen LogP contribution in [0, 0.1) is 6.92 Å². The number of esters is 1. The minimum absolute atomic E-state index is 0.0415. The van der Waals surface area contributed by atoms with Crippen molar-refractivity contribution in [2.45, 2.75) is 32.6 Å². The molecule has 0 aliphatic rings. The molecule has 0 spiro atoms. The molecule has 5 nitrogen and oxygen atoms in total. The van der Waals surface area contributed by atoms with Gasteiger partial charge in [0.2, 0.25) is 0 Å². The summed E-state index contributed by atoms with van der Waals surface area (Å²) in [6, 6.07) is 6.97. The zero-order valence-corrected chi connectivity index (χ0v) is 12.7. The molecule has 1 aromatic carbocycles. The maximum Gasteiger partial charge on any atom is 0.328 e. The smallest absolute Gasteiger partial charge is 0.328 e. The topological polar surface area (TPSA) is 72.8 Å². The highest BCUT2D eigenvalue weighted by atomic mass is 16.5. The van der Waals surface area contributed by atoms with Gasteiger partial charge < -0.3 is 14.6 Å². The first-order valence-electron chi connectivity index (χ1n) is 7.05. The van der Waals surface area contributed by atoms with E-state index in [0.717, 1.165) is 5.56 Å². The van der Waals surface area contributed by atoms with Crippen LogP contribution in [0.3, 0.4) is 0 Å². The number of aryl methyl sites for hydroxylation is 1. The maximum atomic E-state index is 12.4. The minimum atomic E-state index is -1.73. The van der Waals surface area contributed by atoms with Gasteiger partial charge in [0.15, 0.2) is 5.41 Å². The van der Waals surface area contributed by atoms with Crippen molar-refractivity contribution in [3.63, 3.8) is 0 Å². The fraction of sp³-hybridized carbons (Fsp3) is 0.500. The number of carbonyl (C=O) groups excluding carboxylic acids is 1. The third-order valence-electron chi connectivity index (χ3n) is 3.42. The van der Waals surface area contributed by atoms with Gasteiger partial charge in [-0.2, -0.15) is 0 Å². The second-order valence-electron chi connectivity index (χ2n) is 4.69. The van der Waals surface area contributed by atoms with E-state index in [9.17, 15) is 14.7 Å². The number of ether oxygens (including phenoxy) is 2. The van der Waals surface area contributed by atoms with E-state index in [1.807, 2.05) is 6.92 Å². The molecule has 0 aliphatic heterocycles. The Morgan fingerprint density at radius 3 is 2.38 bits per heavy atom. The number of carboxylic acids is 1. The first kappa shape index (κ1) is 17.2. The van der Waals surface area contributed by atoms with Crippen LogP contribution in [0.1, 0.15) is 31.4 Å². The standard InChI is InChI=1S/C16H22O5/c1-4-20-11-10-16(14(17)18,15(19)21-5-2)13-9-7-6-8-12(13)3/h6-9H,4-5,10-11H2,1-3H3,(H,17,18). The lowest BCUT2D eigenvalue weighted by Gasteiger charge is -2.29. The summed E-state index contributed by atoms with van der Waals surface area (Å²) in [5, 5.41) is 9.74. The summed E-state index contributed by atoms with van der Waals surface area (Å²) in [6.45, 7) is 6.04. The summed E-state index contributed by atoms with van der Waals surface area (Å²) in [5.41, 5.74) is -0.531. The van der Waals surface area contributed by atoms with Crippen LogP contribution in [0.2, 0.25) is 0 Å². The quantitative estimate of drug-likeness (QED) is 0.452. The number of rotatable bonds is 8. The number of hydrogen-bond acceptors (Lipinski definition) is 4. The Bertz CT molecular complexity index is 497. The zero-order valence-electron chi connectivity index (χ0n) is 12.7. The summed E-state index contributed by atoms with van der Waals surface area (Å²) in [5.74, 6) is -1.96. The summed E-state index contributed by atoms with van der Waals surface area (Å²) in [6.07, 6.45) is 0.0415. The summed E-state index contributed by atoms with van der Waals surface area (Å²) in [7, 11) is 0. The van der Waals surface area contributed by atoms with Gasteiger partial charge in [-0.15, -0.1) is 0 Å². The highest BCUT2D eigenvalue weighted by Gasteiger charge is 2.49. The monoisotopic (exact) mass is 294 g/mol. The van der Waals surface area contributed by atoms with Crippen molar-refractivity contribution in [3.05, 3.63) is 35.4 Å². The predicted octanol–water partition coefficient (Wildman–Crippen LogP) is 2.31. The van der Waals surface area contributed by atoms with Crippen molar-refractivity contribution in [3.8, 4) is 0 Å². The third kappa shape index (κ3) is 3.61. The molecular weight excluding hydrogens is 272 g/mol. The Labute approximate surface area is 124 Å². The molecule has 0 bridgehead atoms. The van der Waals surface area contributed by atoms with Crippen molar-refractivity contribution in [1.29, 1.82) is 0 Å². The molecular formula is C16H22O5. The lowest BCUT2D eigenvalue weighted by molar-refractivity contribution is -0.162. The normalized spacial score (nSPS) is 13.5. The van der Waals surface area contributed by atoms with Gasteiger partial charge in [-0.3, -0.25) is 9.59 Å². The van der Waals surface area contributed by atoms with E-state index in [1.165, 1.54) is 0 Å². The van der Waals surface area contributed by atoms with Gasteiger partial charge in [-0.1, -0.05) is 24.3 Å². The fourth-order valence-electron chi connectivity index (χ4n) is 2.33. The van der Waals surface area contributed by atoms with E-state index in [4.69, 9.17) is 9.47 Å². The number of benzene rings is 1. The van der Waals surface area contributed by atoms with Gasteiger partial charge in [0.25, 0.3) is 0 Å². The molecule has 0 saturated carbocycles. The molecule has 0 heterocycles. The SMILES string of the molecule is CCOCCC(C(=O)O)(C(=O)OCC)c1ccccc1C. The Morgan fingerprint density at radius 1 is 1.19 bits per heavy atom. The first-order valence-corrected chi connectivity index (χ1v) is 7.05. The number of hydrogen-bond donors (Lipinski definition) is 1. The van der Waals surface area contributed by atoms with E-state index < -0.39 is 17.4 Å². The predicted molar refractivity (Wildman–Crippen MR) is 78.2 cm³/mol. The number of carbonyl (C=O) groups is 2. The number of carboxylic acid groups (broad SMARTS) is 1. The zero-order chi connectivity index (χ0) is 15.9. The molecule has 0 radical (unpaired) electrons. The molecule has 1 rings (SSSR count). The van der Waals surface area contributed by atoms with Crippen molar-refractivity contribution in [1.82, 2.24) is 0 Å². The molecule has 0 fully saturated rings. The van der Waals surface area contributed by atoms with Crippen LogP contribution in [0.15, 0.2) is 24.3 Å². The molecule has 1 N–H and O–H groups in total. The minimum Gasteiger partial charge on any atom is -0.480 e. The maximum absolute atomic E-state index is 12.4. The van der Waals surface area contributed by atoms with Crippen LogP contribution in [0.25, 0.3) is 0 Å². The molecule has 0 aromatic heterocycles. The van der Waals surface area contributed by atoms with Gasteiger partial charge >= 0.3 is 11.9 Å². The average Bonchev–Trinajstić information content (AvgIpc) is 2.44. The van der Waals surface area contributed by atoms with Gasteiger partial charge in [0.1, 0.15) is 0 Å². The van der Waals surface area contributed by atoms with E-state index >= 15 is 0 Å². The van der Waals surface area contributed by atoms with Gasteiger partial charge in [0, 0.05) is 19.6 Å². The number of aliphatic carboxylic acids is 1. The molecule has 1 atom stereocenters. The van der Waals surface area contributed by atoms with Crippen LogP contribution < -0.4 is 0 Å². The van der Waals surface area contributed by atoms with Crippen molar-refractivity contribution in [2.24, 2.45) is 0 Å². The van der Waals surface area contributed by atoms with Crippen LogP contribution in [0.4, 0.5) is 0 Å². The van der Waals surface area contributed by atoms with Crippen LogP contribution >= 0.6 is 0 Å². The molecule has 0 saturated heterocycles. The first-order chi connectivity index (χ1) is 10.0. The average molecular weight is 294 g/mol. The van der Waals surface area contributed by atoms with Crippen LogP contribution in [-0.4, -0.2) is 36.9 Å². The molecule has 1 aromatic rings. The molecule has 116 valence electrons. The molecule has 5 heteroatoms. The highest BCUT2D eigenvalue weighted by Crippen LogP contribution is 2.33. The summed E-state index contributed by atoms with van der Waals surface area (Å²) < 4.78 is 10.3. The van der Waals surface area contributed by atoms with Gasteiger partial charge in [0.05, 0.1) is 6.61 Å². The largest absolute Gasteiger partial charge is 0.480 e. The molecule has 0 amide bonds. The molecule has 1 unspecified atom stereocenters. The second kappa shape index (κ2) is 7.78. The molecule has 0 aliphatic carbocycles. The van der Waals surface area contributed by atoms with E-state index in [2.05, 4.69) is 0 Å². The highest BCUT2D eigenvalue weighted by molar-refractivity contribution is 6.05. The Kier molecular flexibility index (Phi) is 6.37. The lowest BCUT2D eigenvalue weighted by atomic mass is 9.75. The van der Waals surface area contributed by atoms with Crippen LogP contribution in [0.5, 0.6) is 0 Å². The summed E-state index contributed by atoms with van der Waals surface area (Å²) in [4.78, 5) is 24.3. The second-order valence-corrected chi connectivity index (χ2v) is 4.69. The van der Waals surface area contributed by atoms with Crippen molar-refractivity contribution in [2.75, 3.05) is 19.8 Å². The van der Waals surface area contributed by atoms with Crippen molar-refractivity contribution < 1.29 is 24.2 Å². The van der Waals surface area contributed by atoms with E-state index in [1.54, 1.807) is 38.1 Å². The van der Waals surface area contributed by atoms with Crippen molar-refractivity contribution >= 4 is 11.9 Å². The summed E-state index contributed by atoms with van der Waals surface area (Å²) >= 11 is 0. The Hall–Kier alpha value is -1.88. The lowest BCUT2D eigenvalue weighted by Crippen LogP contribution is -2.46. The third-order valence-corrected chi connectivity index (χ3v) is 3.42. The van der Waals surface area contributed by atoms with Gasteiger partial charge in [-0.25, -0.2) is 0 Å².